The summed E-state index contributed by atoms with van der Waals surface area (Å²) in [5.74, 6) is 0. The second-order valence-corrected chi connectivity index (χ2v) is 3.72. The van der Waals surface area contributed by atoms with Crippen molar-refractivity contribution in [2.75, 3.05) is 6.30 Å². The van der Waals surface area contributed by atoms with Crippen LogP contribution in [0.25, 0.3) is 6.08 Å². The van der Waals surface area contributed by atoms with Gasteiger partial charge in [0.2, 0.25) is 0 Å². The molecule has 0 unspecified atom stereocenters. The van der Waals surface area contributed by atoms with Crippen LogP contribution in [0.15, 0.2) is 36.0 Å². The van der Waals surface area contributed by atoms with Gasteiger partial charge in [0, 0.05) is 0 Å². The molecule has 0 bridgehead atoms. The minimum atomic E-state index is -0.569. The number of halogens is 1. The molecule has 2 heteroatoms. The normalized spacial score (nSPS) is 11.7. The molecule has 0 aliphatic heterocycles. The van der Waals surface area contributed by atoms with E-state index in [2.05, 4.69) is 0 Å². The Hall–Kier alpha value is -0.893. The molecule has 1 rings (SSSR count). The summed E-state index contributed by atoms with van der Waals surface area (Å²) >= 11 is 0. The SMILES string of the molecule is FC[SiH2]C=Cc1ccccc1. The predicted octanol–water partition coefficient (Wildman–Crippen LogP) is 1.75. The number of hydrogen-bond acceptors (Lipinski definition) is 0. The topological polar surface area (TPSA) is 0 Å². The third-order valence-electron chi connectivity index (χ3n) is 1.39. The van der Waals surface area contributed by atoms with E-state index in [1.54, 1.807) is 0 Å². The molecule has 0 aliphatic rings. The van der Waals surface area contributed by atoms with Crippen LogP contribution in [-0.2, 0) is 0 Å². The van der Waals surface area contributed by atoms with E-state index in [1.807, 2.05) is 42.1 Å². The first-order valence-corrected chi connectivity index (χ1v) is 5.52. The van der Waals surface area contributed by atoms with E-state index in [0.29, 0.717) is 0 Å². The van der Waals surface area contributed by atoms with Gasteiger partial charge >= 0.3 is 0 Å². The smallest absolute Gasteiger partial charge is 0.0824 e. The van der Waals surface area contributed by atoms with Crippen molar-refractivity contribution in [1.82, 2.24) is 0 Å². The maximum atomic E-state index is 11.7. The van der Waals surface area contributed by atoms with Crippen LogP contribution in [0.3, 0.4) is 0 Å². The quantitative estimate of drug-likeness (QED) is 0.600. The number of hydrogen-bond donors (Lipinski definition) is 0. The van der Waals surface area contributed by atoms with E-state index in [9.17, 15) is 4.39 Å². The van der Waals surface area contributed by atoms with Crippen LogP contribution >= 0.6 is 0 Å². The van der Waals surface area contributed by atoms with Crippen molar-refractivity contribution in [2.45, 2.75) is 0 Å². The summed E-state index contributed by atoms with van der Waals surface area (Å²) in [7, 11) is -0.569. The molecule has 0 N–H and O–H groups in total. The minimum absolute atomic E-state index is 0.136. The van der Waals surface area contributed by atoms with Crippen molar-refractivity contribution in [3.05, 3.63) is 41.6 Å². The summed E-state index contributed by atoms with van der Waals surface area (Å²) in [6.07, 6.45) is 1.86. The molecule has 1 aromatic rings. The summed E-state index contributed by atoms with van der Waals surface area (Å²) in [6.45, 7) is 0. The van der Waals surface area contributed by atoms with E-state index in [1.165, 1.54) is 0 Å². The van der Waals surface area contributed by atoms with Crippen LogP contribution in [-0.4, -0.2) is 15.8 Å². The predicted molar refractivity (Wildman–Crippen MR) is 50.0 cm³/mol. The Balaban J connectivity index is 2.50. The molecule has 0 aliphatic carbocycles. The van der Waals surface area contributed by atoms with E-state index in [4.69, 9.17) is 0 Å². The van der Waals surface area contributed by atoms with Gasteiger partial charge in [-0.25, -0.2) is 0 Å². The third-order valence-corrected chi connectivity index (χ3v) is 2.17. The van der Waals surface area contributed by atoms with Crippen LogP contribution < -0.4 is 0 Å². The molecule has 0 atom stereocenters. The van der Waals surface area contributed by atoms with Crippen molar-refractivity contribution in [2.24, 2.45) is 0 Å². The van der Waals surface area contributed by atoms with Gasteiger partial charge in [-0.2, -0.15) is 0 Å². The fourth-order valence-corrected chi connectivity index (χ4v) is 1.41. The Morgan fingerprint density at radius 1 is 1.27 bits per heavy atom. The number of alkyl halides is 1. The summed E-state index contributed by atoms with van der Waals surface area (Å²) < 4.78 is 11.7. The van der Waals surface area contributed by atoms with Crippen molar-refractivity contribution in [3.8, 4) is 0 Å². The number of rotatable bonds is 3. The maximum Gasteiger partial charge on any atom is 0.0824 e. The molecule has 0 aromatic heterocycles. The highest BCUT2D eigenvalue weighted by Gasteiger charge is 1.81. The second kappa shape index (κ2) is 4.85. The average Bonchev–Trinajstić information content (AvgIpc) is 2.07. The zero-order valence-corrected chi connectivity index (χ0v) is 7.75. The van der Waals surface area contributed by atoms with Gasteiger partial charge < -0.3 is 0 Å². The standard InChI is InChI=1S/C9H11FSi/c10-8-11-7-6-9-4-2-1-3-5-9/h1-7H,8,11H2. The molecule has 0 saturated carbocycles. The molecule has 0 amide bonds. The Morgan fingerprint density at radius 3 is 2.64 bits per heavy atom. The van der Waals surface area contributed by atoms with Crippen LogP contribution in [0, 0.1) is 0 Å². The summed E-state index contributed by atoms with van der Waals surface area (Å²) in [6, 6.07) is 9.98. The van der Waals surface area contributed by atoms with Gasteiger partial charge in [-0.15, -0.1) is 0 Å². The van der Waals surface area contributed by atoms with Gasteiger partial charge in [0.15, 0.2) is 0 Å². The molecule has 0 fully saturated rings. The summed E-state index contributed by atoms with van der Waals surface area (Å²) in [5, 5.41) is 0. The largest absolute Gasteiger partial charge is 0.255 e. The van der Waals surface area contributed by atoms with Gasteiger partial charge in [0.1, 0.15) is 0 Å². The van der Waals surface area contributed by atoms with E-state index >= 15 is 0 Å². The third kappa shape index (κ3) is 3.14. The fraction of sp³-hybridized carbons (Fsp3) is 0.111. The molecule has 0 radical (unpaired) electrons. The van der Waals surface area contributed by atoms with Gasteiger partial charge in [-0.3, -0.25) is 4.39 Å². The molecule has 1 aromatic carbocycles. The van der Waals surface area contributed by atoms with Crippen LogP contribution in [0.2, 0.25) is 0 Å². The lowest BCUT2D eigenvalue weighted by molar-refractivity contribution is 0.595. The molecular formula is C9H11FSi. The molecule has 58 valence electrons. The minimum Gasteiger partial charge on any atom is -0.255 e. The van der Waals surface area contributed by atoms with Crippen LogP contribution in [0.5, 0.6) is 0 Å². The van der Waals surface area contributed by atoms with Crippen molar-refractivity contribution < 1.29 is 4.39 Å². The molecular weight excluding hydrogens is 155 g/mol. The molecule has 0 saturated heterocycles. The second-order valence-electron chi connectivity index (χ2n) is 2.29. The van der Waals surface area contributed by atoms with E-state index in [0.717, 1.165) is 5.56 Å². The van der Waals surface area contributed by atoms with Gasteiger partial charge in [0.05, 0.1) is 15.8 Å². The highest BCUT2D eigenvalue weighted by molar-refractivity contribution is 6.42. The molecule has 0 spiro atoms. The fourth-order valence-electron chi connectivity index (χ4n) is 0.847. The highest BCUT2D eigenvalue weighted by Crippen LogP contribution is 1.99. The summed E-state index contributed by atoms with van der Waals surface area (Å²) in [5.41, 5.74) is 3.14. The highest BCUT2D eigenvalue weighted by atomic mass is 28.2. The maximum absolute atomic E-state index is 11.7. The zero-order valence-electron chi connectivity index (χ0n) is 6.33. The van der Waals surface area contributed by atoms with Crippen molar-refractivity contribution >= 4 is 15.6 Å². The first kappa shape index (κ1) is 8.21. The van der Waals surface area contributed by atoms with Crippen molar-refractivity contribution in [3.63, 3.8) is 0 Å². The van der Waals surface area contributed by atoms with E-state index < -0.39 is 9.52 Å². The Kier molecular flexibility index (Phi) is 3.62. The number of benzene rings is 1. The van der Waals surface area contributed by atoms with Gasteiger partial charge in [-0.05, 0) is 5.56 Å². The first-order chi connectivity index (χ1) is 5.43. The van der Waals surface area contributed by atoms with E-state index in [-0.39, 0.29) is 6.30 Å². The lowest BCUT2D eigenvalue weighted by Gasteiger charge is -1.88. The Bertz CT molecular complexity index is 218. The Labute approximate surface area is 68.6 Å². The van der Waals surface area contributed by atoms with Gasteiger partial charge in [0.25, 0.3) is 0 Å². The monoisotopic (exact) mass is 166 g/mol. The lowest BCUT2D eigenvalue weighted by Crippen LogP contribution is -1.84. The van der Waals surface area contributed by atoms with Crippen LogP contribution in [0.1, 0.15) is 5.56 Å². The average molecular weight is 166 g/mol. The van der Waals surface area contributed by atoms with Crippen LogP contribution in [0.4, 0.5) is 4.39 Å². The summed E-state index contributed by atoms with van der Waals surface area (Å²) in [4.78, 5) is 0. The Morgan fingerprint density at radius 2 is 2.00 bits per heavy atom. The van der Waals surface area contributed by atoms with Gasteiger partial charge in [-0.1, -0.05) is 42.1 Å². The first-order valence-electron chi connectivity index (χ1n) is 3.71. The van der Waals surface area contributed by atoms with Crippen molar-refractivity contribution in [1.29, 1.82) is 0 Å². The lowest BCUT2D eigenvalue weighted by atomic mass is 10.2. The molecule has 0 nitrogen and oxygen atoms in total. The zero-order chi connectivity index (χ0) is 7.94. The molecule has 0 heterocycles. The molecule has 11 heavy (non-hydrogen) atoms.